The largest absolute Gasteiger partial charge is 0.456 e. The van der Waals surface area contributed by atoms with Crippen molar-refractivity contribution in [3.63, 3.8) is 0 Å². The van der Waals surface area contributed by atoms with Crippen LogP contribution in [0.1, 0.15) is 49.6 Å². The van der Waals surface area contributed by atoms with Crippen LogP contribution in [-0.2, 0) is 27.3 Å². The quantitative estimate of drug-likeness (QED) is 0.622. The first kappa shape index (κ1) is 20.1. The number of aromatic nitrogens is 1. The molecule has 1 aliphatic carbocycles. The maximum Gasteiger partial charge on any atom is 0.303 e. The van der Waals surface area contributed by atoms with Gasteiger partial charge in [-0.05, 0) is 48.6 Å². The molecule has 1 unspecified atom stereocenters. The Labute approximate surface area is 172 Å². The maximum absolute atomic E-state index is 14.9. The molecule has 1 atom stereocenters. The molecule has 0 bridgehead atoms. The highest BCUT2D eigenvalue weighted by Crippen LogP contribution is 2.40. The van der Waals surface area contributed by atoms with E-state index >= 15 is 0 Å². The molecule has 5 nitrogen and oxygen atoms in total. The van der Waals surface area contributed by atoms with Gasteiger partial charge in [-0.1, -0.05) is 12.1 Å². The van der Waals surface area contributed by atoms with Crippen molar-refractivity contribution < 1.29 is 23.1 Å². The van der Waals surface area contributed by atoms with E-state index in [-0.39, 0.29) is 5.91 Å². The van der Waals surface area contributed by atoms with E-state index in [1.54, 1.807) is 16.7 Å². The van der Waals surface area contributed by atoms with Crippen molar-refractivity contribution in [1.29, 1.82) is 0 Å². The standard InChI is InChI=1S/C23H22F2N2O3/c1-13(28)26-17-8-6-15(7-9-17)12-27-22-19(10-16(24)11-20(22)25)18-4-3-5-21(23(18)27)30-14(2)29/h6-11,21H,3-5,12H2,1-2H3,(H,26,28). The van der Waals surface area contributed by atoms with Gasteiger partial charge < -0.3 is 14.6 Å². The average molecular weight is 412 g/mol. The molecular formula is C23H22F2N2O3. The summed E-state index contributed by atoms with van der Waals surface area (Å²) in [5.74, 6) is -1.84. The number of nitrogens with zero attached hydrogens (tertiary/aromatic N) is 1. The lowest BCUT2D eigenvalue weighted by atomic mass is 9.93. The summed E-state index contributed by atoms with van der Waals surface area (Å²) >= 11 is 0. The Morgan fingerprint density at radius 1 is 1.17 bits per heavy atom. The Morgan fingerprint density at radius 3 is 2.57 bits per heavy atom. The van der Waals surface area contributed by atoms with Gasteiger partial charge in [0.2, 0.25) is 5.91 Å². The number of fused-ring (bicyclic) bond motifs is 3. The number of benzene rings is 2. The minimum Gasteiger partial charge on any atom is -0.456 e. The Kier molecular flexibility index (Phi) is 5.28. The maximum atomic E-state index is 14.9. The molecule has 30 heavy (non-hydrogen) atoms. The van der Waals surface area contributed by atoms with E-state index in [0.717, 1.165) is 29.3 Å². The minimum atomic E-state index is -0.643. The first-order chi connectivity index (χ1) is 14.3. The van der Waals surface area contributed by atoms with E-state index in [1.807, 2.05) is 12.1 Å². The van der Waals surface area contributed by atoms with Gasteiger partial charge >= 0.3 is 5.97 Å². The van der Waals surface area contributed by atoms with Crippen LogP contribution in [0.4, 0.5) is 14.5 Å². The smallest absolute Gasteiger partial charge is 0.303 e. The molecule has 156 valence electrons. The highest BCUT2D eigenvalue weighted by Gasteiger charge is 2.31. The molecule has 0 aliphatic heterocycles. The van der Waals surface area contributed by atoms with Crippen molar-refractivity contribution >= 4 is 28.5 Å². The van der Waals surface area contributed by atoms with Crippen LogP contribution in [0.25, 0.3) is 10.9 Å². The first-order valence-corrected chi connectivity index (χ1v) is 9.87. The Bertz CT molecular complexity index is 1140. The average Bonchev–Trinajstić information content (AvgIpc) is 2.97. The Hall–Kier alpha value is -3.22. The molecule has 0 saturated carbocycles. The summed E-state index contributed by atoms with van der Waals surface area (Å²) in [6.45, 7) is 3.11. The van der Waals surface area contributed by atoms with E-state index in [9.17, 15) is 18.4 Å². The number of amides is 1. The lowest BCUT2D eigenvalue weighted by Crippen LogP contribution is -2.19. The summed E-state index contributed by atoms with van der Waals surface area (Å²) in [5, 5.41) is 3.23. The molecule has 0 fully saturated rings. The Morgan fingerprint density at radius 2 is 1.90 bits per heavy atom. The van der Waals surface area contributed by atoms with Crippen LogP contribution in [0.5, 0.6) is 0 Å². The number of anilines is 1. The number of aryl methyl sites for hydroxylation is 1. The lowest BCUT2D eigenvalue weighted by molar-refractivity contribution is -0.147. The molecular weight excluding hydrogens is 390 g/mol. The van der Waals surface area contributed by atoms with Gasteiger partial charge in [0.05, 0.1) is 11.2 Å². The third kappa shape index (κ3) is 3.79. The molecule has 1 aliphatic rings. The number of rotatable bonds is 4. The summed E-state index contributed by atoms with van der Waals surface area (Å²) in [6, 6.07) is 9.46. The molecule has 1 amide bonds. The number of nitrogens with one attached hydrogen (secondary N) is 1. The van der Waals surface area contributed by atoms with E-state index in [0.29, 0.717) is 36.0 Å². The second-order valence-corrected chi connectivity index (χ2v) is 7.60. The molecule has 1 aromatic heterocycles. The van der Waals surface area contributed by atoms with Crippen molar-refractivity contribution in [2.24, 2.45) is 0 Å². The number of esters is 1. The molecule has 0 saturated heterocycles. The van der Waals surface area contributed by atoms with Crippen molar-refractivity contribution in [2.75, 3.05) is 5.32 Å². The zero-order valence-corrected chi connectivity index (χ0v) is 16.8. The SMILES string of the molecule is CC(=O)Nc1ccc(Cn2c3c(c4cc(F)cc(F)c42)CCCC3OC(C)=O)cc1. The van der Waals surface area contributed by atoms with E-state index in [1.165, 1.54) is 19.9 Å². The summed E-state index contributed by atoms with van der Waals surface area (Å²) in [5.41, 5.74) is 3.40. The van der Waals surface area contributed by atoms with Crippen LogP contribution in [0.2, 0.25) is 0 Å². The first-order valence-electron chi connectivity index (χ1n) is 9.87. The van der Waals surface area contributed by atoms with Crippen molar-refractivity contribution in [3.05, 3.63) is 64.9 Å². The van der Waals surface area contributed by atoms with Crippen molar-refractivity contribution in [1.82, 2.24) is 4.57 Å². The van der Waals surface area contributed by atoms with Crippen LogP contribution in [0, 0.1) is 11.6 Å². The minimum absolute atomic E-state index is 0.165. The number of carbonyl (C=O) groups is 2. The molecule has 4 rings (SSSR count). The van der Waals surface area contributed by atoms with Gasteiger partial charge in [0.25, 0.3) is 0 Å². The summed E-state index contributed by atoms with van der Waals surface area (Å²) in [4.78, 5) is 22.9. The predicted molar refractivity (Wildman–Crippen MR) is 109 cm³/mol. The summed E-state index contributed by atoms with van der Waals surface area (Å²) in [7, 11) is 0. The Balaban J connectivity index is 1.83. The molecule has 3 aromatic rings. The number of ether oxygens (including phenoxy) is 1. The van der Waals surface area contributed by atoms with Gasteiger partial charge in [0.1, 0.15) is 17.7 Å². The second-order valence-electron chi connectivity index (χ2n) is 7.60. The van der Waals surface area contributed by atoms with Gasteiger partial charge in [-0.25, -0.2) is 8.78 Å². The van der Waals surface area contributed by atoms with Crippen LogP contribution < -0.4 is 5.32 Å². The fourth-order valence-corrected chi connectivity index (χ4v) is 4.28. The number of halogens is 2. The molecule has 1 N–H and O–H groups in total. The van der Waals surface area contributed by atoms with Gasteiger partial charge in [0, 0.05) is 37.5 Å². The monoisotopic (exact) mass is 412 g/mol. The number of hydrogen-bond donors (Lipinski definition) is 1. The number of carbonyl (C=O) groups excluding carboxylic acids is 2. The van der Waals surface area contributed by atoms with E-state index in [4.69, 9.17) is 4.74 Å². The zero-order chi connectivity index (χ0) is 21.4. The summed E-state index contributed by atoms with van der Waals surface area (Å²) < 4.78 is 36.2. The van der Waals surface area contributed by atoms with Crippen molar-refractivity contribution in [3.8, 4) is 0 Å². The fraction of sp³-hybridized carbons (Fsp3) is 0.304. The topological polar surface area (TPSA) is 60.3 Å². The van der Waals surface area contributed by atoms with E-state index in [2.05, 4.69) is 5.32 Å². The molecule has 7 heteroatoms. The third-order valence-electron chi connectivity index (χ3n) is 5.34. The van der Waals surface area contributed by atoms with Gasteiger partial charge in [-0.3, -0.25) is 9.59 Å². The second kappa shape index (κ2) is 7.89. The highest BCUT2D eigenvalue weighted by atomic mass is 19.1. The van der Waals surface area contributed by atoms with Crippen LogP contribution in [0.15, 0.2) is 36.4 Å². The van der Waals surface area contributed by atoms with Crippen LogP contribution >= 0.6 is 0 Å². The third-order valence-corrected chi connectivity index (χ3v) is 5.34. The molecule has 2 aromatic carbocycles. The molecule has 0 spiro atoms. The lowest BCUT2D eigenvalue weighted by Gasteiger charge is -2.25. The fourth-order valence-electron chi connectivity index (χ4n) is 4.28. The number of hydrogen-bond acceptors (Lipinski definition) is 3. The van der Waals surface area contributed by atoms with Gasteiger partial charge in [-0.2, -0.15) is 0 Å². The van der Waals surface area contributed by atoms with Crippen LogP contribution in [-0.4, -0.2) is 16.4 Å². The molecule has 1 heterocycles. The van der Waals surface area contributed by atoms with Gasteiger partial charge in [-0.15, -0.1) is 0 Å². The highest BCUT2D eigenvalue weighted by molar-refractivity contribution is 5.89. The molecule has 0 radical (unpaired) electrons. The predicted octanol–water partition coefficient (Wildman–Crippen LogP) is 4.87. The summed E-state index contributed by atoms with van der Waals surface area (Å²) in [6.07, 6.45) is 1.57. The van der Waals surface area contributed by atoms with Crippen molar-refractivity contribution in [2.45, 2.75) is 45.8 Å². The zero-order valence-electron chi connectivity index (χ0n) is 16.8. The van der Waals surface area contributed by atoms with Crippen LogP contribution in [0.3, 0.4) is 0 Å². The van der Waals surface area contributed by atoms with Gasteiger partial charge in [0.15, 0.2) is 0 Å². The van der Waals surface area contributed by atoms with E-state index < -0.39 is 23.7 Å². The normalized spacial score (nSPS) is 15.7.